The highest BCUT2D eigenvalue weighted by Crippen LogP contribution is 2.27. The molecule has 4 aromatic rings. The quantitative estimate of drug-likeness (QED) is 0.444. The summed E-state index contributed by atoms with van der Waals surface area (Å²) in [5, 5.41) is 7.33. The number of thioether (sulfide) groups is 1. The van der Waals surface area contributed by atoms with Gasteiger partial charge in [0.25, 0.3) is 0 Å². The number of pyridine rings is 1. The fourth-order valence-electron chi connectivity index (χ4n) is 3.28. The van der Waals surface area contributed by atoms with Gasteiger partial charge in [0.1, 0.15) is 5.82 Å². The molecular weight excluding hydrogens is 404 g/mol. The van der Waals surface area contributed by atoms with Crippen LogP contribution in [-0.2, 0) is 22.3 Å². The molecular formula is C21H22N4O2S2. The third-order valence-corrected chi connectivity index (χ3v) is 6.62. The number of para-hydroxylation sites is 1. The molecule has 0 unspecified atom stereocenters. The van der Waals surface area contributed by atoms with Crippen molar-refractivity contribution in [2.75, 3.05) is 0 Å². The van der Waals surface area contributed by atoms with Gasteiger partial charge < -0.3 is 4.57 Å². The second-order valence-electron chi connectivity index (χ2n) is 6.86. The third-order valence-electron chi connectivity index (χ3n) is 4.78. The summed E-state index contributed by atoms with van der Waals surface area (Å²) in [5.74, 6) is 1.55. The van der Waals surface area contributed by atoms with Crippen molar-refractivity contribution in [3.63, 3.8) is 0 Å². The average molecular weight is 427 g/mol. The van der Waals surface area contributed by atoms with E-state index in [1.54, 1.807) is 30.0 Å². The van der Waals surface area contributed by atoms with Gasteiger partial charge >= 0.3 is 0 Å². The maximum absolute atomic E-state index is 11.7. The zero-order valence-electron chi connectivity index (χ0n) is 16.1. The highest BCUT2D eigenvalue weighted by atomic mass is 32.2. The summed E-state index contributed by atoms with van der Waals surface area (Å²) in [6.45, 7) is 2.98. The van der Waals surface area contributed by atoms with Gasteiger partial charge in [0.05, 0.1) is 32.2 Å². The van der Waals surface area contributed by atoms with Crippen LogP contribution in [0.25, 0.3) is 21.9 Å². The Morgan fingerprint density at radius 3 is 2.66 bits per heavy atom. The molecule has 0 saturated carbocycles. The van der Waals surface area contributed by atoms with Crippen LogP contribution in [0, 0.1) is 0 Å². The second kappa shape index (κ2) is 8.14. The monoisotopic (exact) mass is 426 g/mol. The molecule has 0 aliphatic heterocycles. The normalized spacial score (nSPS) is 12.1. The molecule has 0 aliphatic rings. The Morgan fingerprint density at radius 1 is 1.03 bits per heavy atom. The first-order valence-corrected chi connectivity index (χ1v) is 12.0. The van der Waals surface area contributed by atoms with Gasteiger partial charge in [-0.1, -0.05) is 49.4 Å². The number of primary sulfonamides is 1. The summed E-state index contributed by atoms with van der Waals surface area (Å²) in [6.07, 6.45) is 2.09. The second-order valence-corrected chi connectivity index (χ2v) is 9.42. The van der Waals surface area contributed by atoms with Crippen LogP contribution in [0.4, 0.5) is 0 Å². The minimum Gasteiger partial charge on any atom is -0.327 e. The van der Waals surface area contributed by atoms with Crippen LogP contribution in [-0.4, -0.2) is 23.0 Å². The maximum Gasteiger partial charge on any atom is 0.238 e. The van der Waals surface area contributed by atoms with Crippen molar-refractivity contribution in [3.05, 3.63) is 60.4 Å². The lowest BCUT2D eigenvalue weighted by Gasteiger charge is -2.09. The number of benzene rings is 2. The molecule has 0 atom stereocenters. The minimum absolute atomic E-state index is 0.0838. The molecule has 2 aromatic heterocycles. The van der Waals surface area contributed by atoms with E-state index >= 15 is 0 Å². The van der Waals surface area contributed by atoms with Gasteiger partial charge in [-0.2, -0.15) is 0 Å². The van der Waals surface area contributed by atoms with E-state index in [4.69, 9.17) is 15.1 Å². The van der Waals surface area contributed by atoms with E-state index < -0.39 is 10.0 Å². The Kier molecular flexibility index (Phi) is 5.58. The molecule has 0 aliphatic carbocycles. The zero-order chi connectivity index (χ0) is 20.4. The van der Waals surface area contributed by atoms with E-state index in [1.807, 2.05) is 30.3 Å². The largest absolute Gasteiger partial charge is 0.327 e. The molecule has 0 fully saturated rings. The van der Waals surface area contributed by atoms with Crippen molar-refractivity contribution in [2.45, 2.75) is 42.0 Å². The van der Waals surface area contributed by atoms with Crippen molar-refractivity contribution in [2.24, 2.45) is 5.14 Å². The number of aromatic nitrogens is 3. The van der Waals surface area contributed by atoms with Crippen LogP contribution < -0.4 is 5.14 Å². The number of imidazole rings is 1. The fourth-order valence-corrected chi connectivity index (χ4v) is 4.64. The van der Waals surface area contributed by atoms with Gasteiger partial charge in [0.15, 0.2) is 0 Å². The summed E-state index contributed by atoms with van der Waals surface area (Å²) < 4.78 is 25.5. The smallest absolute Gasteiger partial charge is 0.238 e. The lowest BCUT2D eigenvalue weighted by Crippen LogP contribution is -2.11. The topological polar surface area (TPSA) is 90.9 Å². The lowest BCUT2D eigenvalue weighted by molar-refractivity contribution is 0.598. The summed E-state index contributed by atoms with van der Waals surface area (Å²) in [5.41, 5.74) is 2.54. The number of unbranched alkanes of at least 4 members (excludes halogenated alkanes) is 1. The van der Waals surface area contributed by atoms with E-state index in [1.165, 1.54) is 0 Å². The number of hydrogen-bond donors (Lipinski definition) is 1. The number of rotatable bonds is 7. The molecule has 0 amide bonds. The molecule has 6 nitrogen and oxygen atoms in total. The summed E-state index contributed by atoms with van der Waals surface area (Å²) in [4.78, 5) is 9.51. The molecule has 0 radical (unpaired) electrons. The van der Waals surface area contributed by atoms with Crippen LogP contribution >= 0.6 is 11.8 Å². The van der Waals surface area contributed by atoms with Crippen molar-refractivity contribution in [1.82, 2.24) is 14.5 Å². The first-order chi connectivity index (χ1) is 14.0. The number of hydrogen-bond acceptors (Lipinski definition) is 5. The van der Waals surface area contributed by atoms with Crippen LogP contribution in [0.15, 0.2) is 64.5 Å². The van der Waals surface area contributed by atoms with Crippen LogP contribution in [0.2, 0.25) is 0 Å². The van der Waals surface area contributed by atoms with Gasteiger partial charge in [0.2, 0.25) is 10.0 Å². The van der Waals surface area contributed by atoms with Gasteiger partial charge in [-0.3, -0.25) is 0 Å². The van der Waals surface area contributed by atoms with Crippen LogP contribution in [0.1, 0.15) is 25.6 Å². The van der Waals surface area contributed by atoms with Crippen molar-refractivity contribution >= 4 is 43.7 Å². The van der Waals surface area contributed by atoms with Crippen molar-refractivity contribution in [3.8, 4) is 0 Å². The summed E-state index contributed by atoms with van der Waals surface area (Å²) >= 11 is 1.62. The molecule has 2 heterocycles. The first kappa shape index (κ1) is 19.9. The van der Waals surface area contributed by atoms with Gasteiger partial charge in [0, 0.05) is 11.9 Å². The fraction of sp³-hybridized carbons (Fsp3) is 0.238. The Morgan fingerprint density at radius 2 is 1.86 bits per heavy atom. The molecule has 29 heavy (non-hydrogen) atoms. The molecule has 4 rings (SSSR count). The van der Waals surface area contributed by atoms with E-state index in [0.717, 1.165) is 46.7 Å². The lowest BCUT2D eigenvalue weighted by atomic mass is 10.2. The number of aryl methyl sites for hydroxylation is 1. The number of fused-ring (bicyclic) bond motifs is 2. The molecule has 150 valence electrons. The molecule has 0 bridgehead atoms. The Labute approximate surface area is 174 Å². The van der Waals surface area contributed by atoms with E-state index in [0.29, 0.717) is 11.3 Å². The Balaban J connectivity index is 1.66. The molecule has 8 heteroatoms. The predicted octanol–water partition coefficient (Wildman–Crippen LogP) is 4.32. The predicted molar refractivity (Wildman–Crippen MR) is 117 cm³/mol. The third kappa shape index (κ3) is 4.29. The van der Waals surface area contributed by atoms with E-state index in [9.17, 15) is 8.42 Å². The van der Waals surface area contributed by atoms with Crippen molar-refractivity contribution < 1.29 is 8.42 Å². The number of nitrogens with two attached hydrogens (primary N) is 1. The Bertz CT molecular complexity index is 1280. The summed E-state index contributed by atoms with van der Waals surface area (Å²) in [7, 11) is -3.76. The van der Waals surface area contributed by atoms with E-state index in [2.05, 4.69) is 17.6 Å². The van der Waals surface area contributed by atoms with Crippen LogP contribution in [0.5, 0.6) is 0 Å². The number of nitrogens with zero attached hydrogens (tertiary/aromatic N) is 3. The molecule has 2 aromatic carbocycles. The molecule has 0 spiro atoms. The summed E-state index contributed by atoms with van der Waals surface area (Å²) in [6, 6.07) is 17.0. The highest BCUT2D eigenvalue weighted by molar-refractivity contribution is 7.98. The highest BCUT2D eigenvalue weighted by Gasteiger charge is 2.15. The molecule has 2 N–H and O–H groups in total. The molecule has 0 saturated heterocycles. The van der Waals surface area contributed by atoms with Gasteiger partial charge in [-0.25, -0.2) is 23.5 Å². The first-order valence-electron chi connectivity index (χ1n) is 9.46. The standard InChI is InChI=1S/C21H22N4O2S2/c1-2-3-12-25-19-10-9-16(29(22,26)27)13-18(19)23-20(25)14-28-21-11-8-15-6-4-5-7-17(15)24-21/h4-11,13H,2-3,12,14H2,1H3,(H2,22,26,27). The number of sulfonamides is 1. The minimum atomic E-state index is -3.76. The van der Waals surface area contributed by atoms with Gasteiger partial charge in [-0.05, 0) is 36.8 Å². The van der Waals surface area contributed by atoms with Crippen molar-refractivity contribution in [1.29, 1.82) is 0 Å². The average Bonchev–Trinajstić information content (AvgIpc) is 3.06. The van der Waals surface area contributed by atoms with E-state index in [-0.39, 0.29) is 4.90 Å². The Hall–Kier alpha value is -2.42. The maximum atomic E-state index is 11.7. The SMILES string of the molecule is CCCCn1c(CSc2ccc3ccccc3n2)nc2cc(S(N)(=O)=O)ccc21. The zero-order valence-corrected chi connectivity index (χ0v) is 17.7. The van der Waals surface area contributed by atoms with Gasteiger partial charge in [-0.15, -0.1) is 0 Å². The van der Waals surface area contributed by atoms with Crippen LogP contribution in [0.3, 0.4) is 0 Å².